The van der Waals surface area contributed by atoms with Crippen molar-refractivity contribution in [1.82, 2.24) is 28.7 Å². The van der Waals surface area contributed by atoms with E-state index in [0.717, 1.165) is 84.4 Å². The zero-order chi connectivity index (χ0) is 41.0. The largest absolute Gasteiger partial charge is 0.299 e. The average Bonchev–Trinajstić information content (AvgIpc) is 3.94. The molecule has 0 spiro atoms. The Balaban J connectivity index is 0.932. The number of nitrogens with zero attached hydrogens (tertiary/aromatic N) is 6. The lowest BCUT2D eigenvalue weighted by molar-refractivity contribution is 1.18. The van der Waals surface area contributed by atoms with Crippen molar-refractivity contribution < 1.29 is 0 Å². The van der Waals surface area contributed by atoms with Crippen molar-refractivity contribution in [2.45, 2.75) is 0 Å². The van der Waals surface area contributed by atoms with E-state index < -0.39 is 0 Å². The van der Waals surface area contributed by atoms with Crippen LogP contribution in [0, 0.1) is 0 Å². The third-order valence-electron chi connectivity index (χ3n) is 11.8. The number of aromatic nitrogens is 6. The van der Waals surface area contributed by atoms with Gasteiger partial charge in [0.2, 0.25) is 0 Å². The van der Waals surface area contributed by atoms with Gasteiger partial charge in [0.05, 0.1) is 34.2 Å². The van der Waals surface area contributed by atoms with Gasteiger partial charge in [0.1, 0.15) is 11.3 Å². The lowest BCUT2D eigenvalue weighted by atomic mass is 9.99. The highest BCUT2D eigenvalue weighted by atomic mass is 15.0. The summed E-state index contributed by atoms with van der Waals surface area (Å²) in [6, 6.07) is 72.0. The fourth-order valence-corrected chi connectivity index (χ4v) is 8.68. The van der Waals surface area contributed by atoms with Crippen LogP contribution in [0.5, 0.6) is 0 Å². The van der Waals surface area contributed by atoms with Crippen LogP contribution < -0.4 is 0 Å². The fourth-order valence-electron chi connectivity index (χ4n) is 8.68. The second kappa shape index (κ2) is 14.7. The van der Waals surface area contributed by atoms with Crippen molar-refractivity contribution >= 4 is 32.8 Å². The minimum atomic E-state index is 0.670. The molecule has 6 nitrogen and oxygen atoms in total. The number of benzene rings is 7. The Bertz CT molecular complexity index is 3400. The third-order valence-corrected chi connectivity index (χ3v) is 11.8. The van der Waals surface area contributed by atoms with Crippen molar-refractivity contribution in [1.29, 1.82) is 0 Å². The molecule has 6 heteroatoms. The molecule has 0 saturated carbocycles. The highest BCUT2D eigenvalue weighted by Crippen LogP contribution is 2.38. The maximum atomic E-state index is 5.16. The Labute approximate surface area is 357 Å². The molecule has 0 fully saturated rings. The van der Waals surface area contributed by atoms with E-state index in [2.05, 4.69) is 197 Å². The molecule has 0 aliphatic rings. The first kappa shape index (κ1) is 35.5. The topological polar surface area (TPSA) is 60.4 Å². The van der Waals surface area contributed by atoms with E-state index in [9.17, 15) is 0 Å². The lowest BCUT2D eigenvalue weighted by Gasteiger charge is -2.11. The second-order valence-electron chi connectivity index (χ2n) is 15.6. The van der Waals surface area contributed by atoms with Gasteiger partial charge in [-0.15, -0.1) is 0 Å². The summed E-state index contributed by atoms with van der Waals surface area (Å²) >= 11 is 0. The summed E-state index contributed by atoms with van der Waals surface area (Å²) in [4.78, 5) is 20.6. The molecule has 0 aliphatic carbocycles. The molecule has 62 heavy (non-hydrogen) atoms. The normalized spacial score (nSPS) is 11.5. The van der Waals surface area contributed by atoms with Crippen LogP contribution in [-0.4, -0.2) is 28.7 Å². The summed E-state index contributed by atoms with van der Waals surface area (Å²) in [6.07, 6.45) is 4.18. The van der Waals surface area contributed by atoms with Gasteiger partial charge in [-0.1, -0.05) is 164 Å². The van der Waals surface area contributed by atoms with Gasteiger partial charge in [0.25, 0.3) is 0 Å². The summed E-state index contributed by atoms with van der Waals surface area (Å²) in [6.45, 7) is 0. The maximum Gasteiger partial charge on any atom is 0.160 e. The molecule has 5 heterocycles. The molecular formula is C56H36N6. The Morgan fingerprint density at radius 2 is 0.677 bits per heavy atom. The molecule has 0 bridgehead atoms. The molecule has 0 N–H and O–H groups in total. The van der Waals surface area contributed by atoms with Crippen molar-refractivity contribution in [2.24, 2.45) is 0 Å². The van der Waals surface area contributed by atoms with Gasteiger partial charge in [-0.05, 0) is 64.0 Å². The Hall–Kier alpha value is -8.48. The van der Waals surface area contributed by atoms with Crippen LogP contribution in [-0.2, 0) is 0 Å². The van der Waals surface area contributed by atoms with Crippen LogP contribution in [0.25, 0.3) is 112 Å². The number of hydrogen-bond donors (Lipinski definition) is 0. The molecule has 12 rings (SSSR count). The molecular weight excluding hydrogens is 757 g/mol. The number of hydrogen-bond acceptors (Lipinski definition) is 4. The molecule has 0 radical (unpaired) electrons. The molecule has 12 aromatic rings. The first-order valence-electron chi connectivity index (χ1n) is 20.8. The van der Waals surface area contributed by atoms with Crippen LogP contribution >= 0.6 is 0 Å². The average molecular weight is 793 g/mol. The SMILES string of the molecule is c1ccc(-c2nc(-c3ccc(-c4nc5ccccn5c4-c4ccc5ccccc5c4)cc3)cc(-c3ccc(-c4nc5ccccn5c4-c4ccc5ccccc5c4)cc3)n2)cc1. The van der Waals surface area contributed by atoms with Crippen LogP contribution in [0.4, 0.5) is 0 Å². The highest BCUT2D eigenvalue weighted by Gasteiger charge is 2.19. The summed E-state index contributed by atoms with van der Waals surface area (Å²) in [5, 5.41) is 4.82. The molecule has 290 valence electrons. The molecule has 0 aliphatic heterocycles. The van der Waals surface area contributed by atoms with Crippen molar-refractivity contribution in [3.63, 3.8) is 0 Å². The van der Waals surface area contributed by atoms with Crippen LogP contribution in [0.2, 0.25) is 0 Å². The minimum Gasteiger partial charge on any atom is -0.299 e. The van der Waals surface area contributed by atoms with Gasteiger partial charge in [-0.3, -0.25) is 8.80 Å². The summed E-state index contributed by atoms with van der Waals surface area (Å²) < 4.78 is 4.36. The predicted octanol–water partition coefficient (Wildman–Crippen LogP) is 13.7. The quantitative estimate of drug-likeness (QED) is 0.161. The van der Waals surface area contributed by atoms with Gasteiger partial charge >= 0.3 is 0 Å². The molecule has 5 aromatic heterocycles. The second-order valence-corrected chi connectivity index (χ2v) is 15.6. The Morgan fingerprint density at radius 1 is 0.274 bits per heavy atom. The van der Waals surface area contributed by atoms with Gasteiger partial charge in [0.15, 0.2) is 5.82 Å². The maximum absolute atomic E-state index is 5.16. The molecule has 0 saturated heterocycles. The van der Waals surface area contributed by atoms with E-state index in [-0.39, 0.29) is 0 Å². The number of imidazole rings is 2. The minimum absolute atomic E-state index is 0.670. The smallest absolute Gasteiger partial charge is 0.160 e. The van der Waals surface area contributed by atoms with Gasteiger partial charge < -0.3 is 0 Å². The van der Waals surface area contributed by atoms with Crippen LogP contribution in [0.15, 0.2) is 219 Å². The van der Waals surface area contributed by atoms with E-state index in [1.54, 1.807) is 0 Å². The van der Waals surface area contributed by atoms with Crippen LogP contribution in [0.1, 0.15) is 0 Å². The first-order valence-corrected chi connectivity index (χ1v) is 20.8. The Kier molecular flexibility index (Phi) is 8.38. The van der Waals surface area contributed by atoms with Crippen LogP contribution in [0.3, 0.4) is 0 Å². The molecule has 0 amide bonds. The summed E-state index contributed by atoms with van der Waals surface area (Å²) in [5.74, 6) is 0.670. The predicted molar refractivity (Wildman–Crippen MR) is 253 cm³/mol. The molecule has 7 aromatic carbocycles. The first-order chi connectivity index (χ1) is 30.7. The Morgan fingerprint density at radius 3 is 1.16 bits per heavy atom. The van der Waals surface area contributed by atoms with Gasteiger partial charge in [-0.25, -0.2) is 19.9 Å². The monoisotopic (exact) mass is 792 g/mol. The van der Waals surface area contributed by atoms with E-state index in [1.165, 1.54) is 21.5 Å². The molecule has 0 atom stereocenters. The number of fused-ring (bicyclic) bond motifs is 4. The zero-order valence-electron chi connectivity index (χ0n) is 33.5. The van der Waals surface area contributed by atoms with Gasteiger partial charge in [0, 0.05) is 51.3 Å². The summed E-state index contributed by atoms with van der Waals surface area (Å²) in [7, 11) is 0. The van der Waals surface area contributed by atoms with E-state index in [4.69, 9.17) is 19.9 Å². The zero-order valence-corrected chi connectivity index (χ0v) is 33.5. The van der Waals surface area contributed by atoms with Crippen molar-refractivity contribution in [3.8, 4) is 78.9 Å². The molecule has 0 unspecified atom stereocenters. The highest BCUT2D eigenvalue weighted by molar-refractivity contribution is 5.92. The standard InChI is InChI=1S/C56H36N6/c1-2-14-43(15-3-1)56-57-48(39-22-26-41(27-23-39)52-54(61-32-10-8-18-50(61)59-52)46-30-20-37-12-4-6-16-44(37)34-46)36-49(58-56)40-24-28-42(29-25-40)53-55(62-33-11-9-19-51(62)60-53)47-31-21-38-13-5-7-17-45(38)35-47/h1-36H. The third kappa shape index (κ3) is 6.21. The summed E-state index contributed by atoms with van der Waals surface area (Å²) in [5.41, 5.74) is 14.7. The van der Waals surface area contributed by atoms with Crippen molar-refractivity contribution in [3.05, 3.63) is 219 Å². The van der Waals surface area contributed by atoms with Crippen molar-refractivity contribution in [2.75, 3.05) is 0 Å². The van der Waals surface area contributed by atoms with E-state index in [0.29, 0.717) is 5.82 Å². The number of rotatable bonds is 7. The van der Waals surface area contributed by atoms with E-state index >= 15 is 0 Å². The van der Waals surface area contributed by atoms with E-state index in [1.807, 2.05) is 30.3 Å². The fraction of sp³-hybridized carbons (Fsp3) is 0. The number of pyridine rings is 2. The van der Waals surface area contributed by atoms with Gasteiger partial charge in [-0.2, -0.15) is 0 Å². The lowest BCUT2D eigenvalue weighted by Crippen LogP contribution is -1.96.